The number of nitrogens with zero attached hydrogens (tertiary/aromatic N) is 2. The molecule has 0 unspecified atom stereocenters. The Morgan fingerprint density at radius 2 is 1.74 bits per heavy atom. The summed E-state index contributed by atoms with van der Waals surface area (Å²) in [6.07, 6.45) is 1.19. The summed E-state index contributed by atoms with van der Waals surface area (Å²) in [5, 5.41) is 3.46. The minimum Gasteiger partial charge on any atom is -0.497 e. The first-order chi connectivity index (χ1) is 15.2. The van der Waals surface area contributed by atoms with E-state index in [0.717, 1.165) is 22.9 Å². The first kappa shape index (κ1) is 20.5. The molecule has 31 heavy (non-hydrogen) atoms. The fourth-order valence-corrected chi connectivity index (χ4v) is 3.63. The summed E-state index contributed by atoms with van der Waals surface area (Å²) < 4.78 is 16.7. The van der Waals surface area contributed by atoms with Gasteiger partial charge in [-0.25, -0.2) is 0 Å². The molecular weight excluding hydrogens is 394 g/mol. The van der Waals surface area contributed by atoms with Gasteiger partial charge < -0.3 is 19.5 Å². The van der Waals surface area contributed by atoms with Gasteiger partial charge in [0.2, 0.25) is 0 Å². The lowest BCUT2D eigenvalue weighted by atomic mass is 10.2. The largest absolute Gasteiger partial charge is 0.497 e. The van der Waals surface area contributed by atoms with Crippen LogP contribution < -0.4 is 24.4 Å². The molecule has 1 aliphatic rings. The van der Waals surface area contributed by atoms with Crippen molar-refractivity contribution in [2.24, 2.45) is 0 Å². The maximum Gasteiger partial charge on any atom is 0.262 e. The van der Waals surface area contributed by atoms with Gasteiger partial charge in [-0.15, -0.1) is 0 Å². The number of pyridine rings is 1. The molecule has 0 spiro atoms. The van der Waals surface area contributed by atoms with Crippen LogP contribution >= 0.6 is 0 Å². The molecule has 2 aromatic carbocycles. The Balaban J connectivity index is 1.76. The van der Waals surface area contributed by atoms with E-state index in [1.54, 1.807) is 30.3 Å². The molecule has 0 bridgehead atoms. The number of anilines is 2. The molecule has 0 aliphatic carbocycles. The van der Waals surface area contributed by atoms with E-state index < -0.39 is 6.17 Å². The molecule has 0 fully saturated rings. The van der Waals surface area contributed by atoms with Crippen LogP contribution in [0.4, 0.5) is 11.4 Å². The molecule has 2 heterocycles. The van der Waals surface area contributed by atoms with Crippen molar-refractivity contribution in [2.45, 2.75) is 20.0 Å². The van der Waals surface area contributed by atoms with Gasteiger partial charge >= 0.3 is 0 Å². The van der Waals surface area contributed by atoms with Gasteiger partial charge in [0.15, 0.2) is 6.17 Å². The number of fused-ring (bicyclic) bond motifs is 1. The normalized spacial score (nSPS) is 14.9. The third-order valence-corrected chi connectivity index (χ3v) is 5.01. The van der Waals surface area contributed by atoms with E-state index >= 15 is 0 Å². The Hall–Kier alpha value is -3.74. The number of amides is 1. The van der Waals surface area contributed by atoms with E-state index in [1.807, 2.05) is 56.3 Å². The SMILES string of the molecule is CCOc1ccc(OCC)c(N[C@@H]2c3ncccc3C(=O)N2c2ccc(OC)cc2)c1. The lowest BCUT2D eigenvalue weighted by Crippen LogP contribution is -2.32. The summed E-state index contributed by atoms with van der Waals surface area (Å²) in [7, 11) is 1.61. The van der Waals surface area contributed by atoms with Gasteiger partial charge in [0.1, 0.15) is 17.2 Å². The van der Waals surface area contributed by atoms with E-state index in [4.69, 9.17) is 14.2 Å². The van der Waals surface area contributed by atoms with Gasteiger partial charge in [0.05, 0.1) is 37.3 Å². The molecular formula is C24H25N3O4. The van der Waals surface area contributed by atoms with Gasteiger partial charge in [-0.2, -0.15) is 0 Å². The molecule has 1 aliphatic heterocycles. The summed E-state index contributed by atoms with van der Waals surface area (Å²) in [6, 6.07) is 16.6. The molecule has 160 valence electrons. The molecule has 3 aromatic rings. The zero-order chi connectivity index (χ0) is 21.8. The smallest absolute Gasteiger partial charge is 0.262 e. The molecule has 0 radical (unpaired) electrons. The summed E-state index contributed by atoms with van der Waals surface area (Å²) >= 11 is 0. The van der Waals surface area contributed by atoms with Crippen molar-refractivity contribution in [1.82, 2.24) is 4.98 Å². The highest BCUT2D eigenvalue weighted by atomic mass is 16.5. The van der Waals surface area contributed by atoms with Gasteiger partial charge in [-0.05, 0) is 62.4 Å². The number of hydrogen-bond acceptors (Lipinski definition) is 6. The van der Waals surface area contributed by atoms with E-state index in [9.17, 15) is 4.79 Å². The minimum atomic E-state index is -0.506. The third-order valence-electron chi connectivity index (χ3n) is 5.01. The summed E-state index contributed by atoms with van der Waals surface area (Å²) in [5.41, 5.74) is 2.69. The standard InChI is InChI=1S/C24H25N3O4/c1-4-30-18-12-13-21(31-5-2)20(15-18)26-23-22-19(7-6-14-25-22)24(28)27(23)16-8-10-17(29-3)11-9-16/h6-15,23,26H,4-5H2,1-3H3/t23-/m0/s1. The molecule has 1 N–H and O–H groups in total. The van der Waals surface area contributed by atoms with Crippen LogP contribution in [-0.4, -0.2) is 31.2 Å². The Kier molecular flexibility index (Phi) is 5.93. The second kappa shape index (κ2) is 8.95. The predicted octanol–water partition coefficient (Wildman–Crippen LogP) is 4.66. The second-order valence-corrected chi connectivity index (χ2v) is 6.88. The van der Waals surface area contributed by atoms with E-state index in [1.165, 1.54) is 0 Å². The maximum atomic E-state index is 13.3. The van der Waals surface area contributed by atoms with Crippen LogP contribution in [0.1, 0.15) is 36.1 Å². The molecule has 1 atom stereocenters. The number of carbonyl (C=O) groups excluding carboxylic acids is 1. The summed E-state index contributed by atoms with van der Waals surface area (Å²) in [5.74, 6) is 2.00. The van der Waals surface area contributed by atoms with Gasteiger partial charge in [0.25, 0.3) is 5.91 Å². The van der Waals surface area contributed by atoms with Crippen LogP contribution in [0.2, 0.25) is 0 Å². The number of rotatable bonds is 8. The fraction of sp³-hybridized carbons (Fsp3) is 0.250. The van der Waals surface area contributed by atoms with Crippen LogP contribution in [0, 0.1) is 0 Å². The number of nitrogens with one attached hydrogen (secondary N) is 1. The van der Waals surface area contributed by atoms with Crippen LogP contribution in [0.25, 0.3) is 0 Å². The summed E-state index contributed by atoms with van der Waals surface area (Å²) in [4.78, 5) is 19.5. The zero-order valence-electron chi connectivity index (χ0n) is 17.8. The molecule has 0 saturated heterocycles. The van der Waals surface area contributed by atoms with Gasteiger partial charge in [-0.1, -0.05) is 0 Å². The van der Waals surface area contributed by atoms with E-state index in [2.05, 4.69) is 10.3 Å². The van der Waals surface area contributed by atoms with Gasteiger partial charge in [0, 0.05) is 18.0 Å². The maximum absolute atomic E-state index is 13.3. The number of aromatic nitrogens is 1. The molecule has 7 heteroatoms. The summed E-state index contributed by atoms with van der Waals surface area (Å²) in [6.45, 7) is 4.94. The molecule has 7 nitrogen and oxygen atoms in total. The van der Waals surface area contributed by atoms with Crippen molar-refractivity contribution in [1.29, 1.82) is 0 Å². The Morgan fingerprint density at radius 3 is 2.45 bits per heavy atom. The van der Waals surface area contributed by atoms with Crippen molar-refractivity contribution in [3.05, 3.63) is 72.1 Å². The Morgan fingerprint density at radius 1 is 1.00 bits per heavy atom. The molecule has 4 rings (SSSR count). The third kappa shape index (κ3) is 3.99. The quantitative estimate of drug-likeness (QED) is 0.573. The first-order valence-electron chi connectivity index (χ1n) is 10.2. The lowest BCUT2D eigenvalue weighted by molar-refractivity contribution is 0.0993. The monoisotopic (exact) mass is 419 g/mol. The minimum absolute atomic E-state index is 0.121. The van der Waals surface area contributed by atoms with Crippen molar-refractivity contribution in [3.63, 3.8) is 0 Å². The van der Waals surface area contributed by atoms with Crippen molar-refractivity contribution in [2.75, 3.05) is 30.5 Å². The molecule has 1 amide bonds. The average molecular weight is 419 g/mol. The van der Waals surface area contributed by atoms with Crippen LogP contribution in [0.5, 0.6) is 17.2 Å². The number of carbonyl (C=O) groups is 1. The zero-order valence-corrected chi connectivity index (χ0v) is 17.8. The number of hydrogen-bond donors (Lipinski definition) is 1. The van der Waals surface area contributed by atoms with E-state index in [0.29, 0.717) is 30.2 Å². The topological polar surface area (TPSA) is 72.9 Å². The van der Waals surface area contributed by atoms with Gasteiger partial charge in [-0.3, -0.25) is 14.7 Å². The fourth-order valence-electron chi connectivity index (χ4n) is 3.63. The lowest BCUT2D eigenvalue weighted by Gasteiger charge is -2.27. The highest BCUT2D eigenvalue weighted by Gasteiger charge is 2.39. The number of ether oxygens (including phenoxy) is 3. The number of methoxy groups -OCH3 is 1. The van der Waals surface area contributed by atoms with Crippen molar-refractivity contribution in [3.8, 4) is 17.2 Å². The van der Waals surface area contributed by atoms with E-state index in [-0.39, 0.29) is 5.91 Å². The molecule has 1 aromatic heterocycles. The Bertz CT molecular complexity index is 1070. The van der Waals surface area contributed by atoms with Crippen LogP contribution in [0.15, 0.2) is 60.8 Å². The Labute approximate surface area is 181 Å². The van der Waals surface area contributed by atoms with Crippen LogP contribution in [-0.2, 0) is 0 Å². The first-order valence-corrected chi connectivity index (χ1v) is 10.2. The predicted molar refractivity (Wildman–Crippen MR) is 119 cm³/mol. The average Bonchev–Trinajstić information content (AvgIpc) is 3.07. The second-order valence-electron chi connectivity index (χ2n) is 6.88. The van der Waals surface area contributed by atoms with Crippen LogP contribution in [0.3, 0.4) is 0 Å². The van der Waals surface area contributed by atoms with Crippen molar-refractivity contribution < 1.29 is 19.0 Å². The molecule has 0 saturated carbocycles. The van der Waals surface area contributed by atoms with Crippen molar-refractivity contribution >= 4 is 17.3 Å². The highest BCUT2D eigenvalue weighted by Crippen LogP contribution is 2.40. The number of benzene rings is 2. The highest BCUT2D eigenvalue weighted by molar-refractivity contribution is 6.11.